The number of pyridine rings is 1. The Morgan fingerprint density at radius 1 is 0.568 bits per heavy atom. The van der Waals surface area contributed by atoms with E-state index in [2.05, 4.69) is 31.6 Å². The zero-order valence-corrected chi connectivity index (χ0v) is 40.4. The largest absolute Gasteiger partial charge is 0.508 e. The molecule has 9 rings (SSSR count). The maximum absolute atomic E-state index is 14.9. The van der Waals surface area contributed by atoms with Gasteiger partial charge in [-0.25, -0.2) is 4.79 Å². The third-order valence-electron chi connectivity index (χ3n) is 12.7. The maximum Gasteiger partial charge on any atom is 0.326 e. The number of carboxylic acids is 1. The van der Waals surface area contributed by atoms with E-state index in [1.54, 1.807) is 48.8 Å². The quantitative estimate of drug-likeness (QED) is 0.0637. The van der Waals surface area contributed by atoms with E-state index in [4.69, 9.17) is 4.74 Å². The van der Waals surface area contributed by atoms with Crippen LogP contribution in [-0.4, -0.2) is 87.5 Å². The van der Waals surface area contributed by atoms with Crippen LogP contribution in [0, 0.1) is 0 Å². The van der Waals surface area contributed by atoms with Crippen molar-refractivity contribution in [2.45, 2.75) is 68.7 Å². The molecule has 5 atom stereocenters. The Kier molecular flexibility index (Phi) is 17.2. The number of benzene rings is 6. The van der Waals surface area contributed by atoms with Crippen LogP contribution in [0.5, 0.6) is 11.5 Å². The molecule has 0 aliphatic carbocycles. The van der Waals surface area contributed by atoms with Gasteiger partial charge in [0.05, 0.1) is 0 Å². The normalized spacial score (nSPS) is 17.9. The van der Waals surface area contributed by atoms with E-state index >= 15 is 0 Å². The first-order valence-corrected chi connectivity index (χ1v) is 24.3. The van der Waals surface area contributed by atoms with Crippen molar-refractivity contribution in [2.75, 3.05) is 6.61 Å². The van der Waals surface area contributed by atoms with Crippen molar-refractivity contribution in [3.8, 4) is 33.8 Å². The summed E-state index contributed by atoms with van der Waals surface area (Å²) in [5.41, 5.74) is 7.16. The highest BCUT2D eigenvalue weighted by atomic mass is 16.5. The second-order valence-electron chi connectivity index (χ2n) is 18.1. The lowest BCUT2D eigenvalue weighted by atomic mass is 9.98. The topological polar surface area (TPSA) is 225 Å². The number of phenols is 1. The van der Waals surface area contributed by atoms with Gasteiger partial charge in [-0.2, -0.15) is 0 Å². The highest BCUT2D eigenvalue weighted by Gasteiger charge is 2.33. The Bertz CT molecular complexity index is 3010. The number of hydrogen-bond donors (Lipinski definition) is 7. The average molecular weight is 993 g/mol. The number of nitrogens with one attached hydrogen (secondary N) is 5. The Hall–Kier alpha value is -9.11. The molecule has 1 aromatic heterocycles. The van der Waals surface area contributed by atoms with E-state index in [-0.39, 0.29) is 37.9 Å². The first kappa shape index (κ1) is 51.3. The van der Waals surface area contributed by atoms with Gasteiger partial charge in [-0.15, -0.1) is 0 Å². The van der Waals surface area contributed by atoms with Crippen LogP contribution in [0.4, 0.5) is 0 Å². The van der Waals surface area contributed by atoms with E-state index < -0.39 is 72.3 Å². The number of aryl methyl sites for hydroxylation is 1. The summed E-state index contributed by atoms with van der Waals surface area (Å²) in [6.07, 6.45) is 3.60. The standard InChI is InChI=1S/C59H56N6O9/c66-47-24-15-41(16-25-47)36-53(59(72)73)65-58(71)52-35-42-17-26-48(27-18-42)74-37-54(67)61-50(33-39-13-22-45(23-14-39)46-29-31-60-32-30-46)56(69)64-51(34-40-11-20-44(21-12-40)43-9-5-2-6-10-43)57(70)62-49(55(68)63-52)28-19-38-7-3-1-4-8-38/h1-18,20-27,29-32,49-53,66H,19,28,33-37H2,(H,61,67)(H,62,70)(H,63,68)(H,64,69)(H,65,71)(H,72,73)/t49-,50-,51+,52-,53-/m0/s1. The first-order chi connectivity index (χ1) is 35.9. The fourth-order valence-corrected chi connectivity index (χ4v) is 8.66. The minimum absolute atomic E-state index is 0.0105. The van der Waals surface area contributed by atoms with Crippen molar-refractivity contribution in [1.82, 2.24) is 31.6 Å². The number of nitrogens with zero attached hydrogens (tertiary/aromatic N) is 1. The second-order valence-corrected chi connectivity index (χ2v) is 18.1. The molecule has 7 N–H and O–H groups in total. The summed E-state index contributed by atoms with van der Waals surface area (Å²) in [5, 5.41) is 34.1. The molecule has 3 heterocycles. The second kappa shape index (κ2) is 24.8. The molecule has 376 valence electrons. The summed E-state index contributed by atoms with van der Waals surface area (Å²) < 4.78 is 5.86. The Labute approximate surface area is 428 Å². The third kappa shape index (κ3) is 14.5. The van der Waals surface area contributed by atoms with Crippen LogP contribution in [-0.2, 0) is 60.9 Å². The number of ether oxygens (including phenoxy) is 1. The molecule has 6 aromatic carbocycles. The molecule has 2 aliphatic rings. The molecule has 15 nitrogen and oxygen atoms in total. The number of aromatic nitrogens is 1. The summed E-state index contributed by atoms with van der Waals surface area (Å²) in [6, 6.07) is 43.8. The van der Waals surface area contributed by atoms with Crippen LogP contribution >= 0.6 is 0 Å². The summed E-state index contributed by atoms with van der Waals surface area (Å²) in [5.74, 6) is -4.54. The predicted molar refractivity (Wildman–Crippen MR) is 278 cm³/mol. The fraction of sp³-hybridized carbons (Fsp3) is 0.203. The molecule has 2 bridgehead atoms. The van der Waals surface area contributed by atoms with Crippen LogP contribution in [0.3, 0.4) is 0 Å². The number of phenolic OH excluding ortho intramolecular Hbond substituents is 1. The van der Waals surface area contributed by atoms with Crippen molar-refractivity contribution in [1.29, 1.82) is 0 Å². The number of carboxylic acid groups (broad SMARTS) is 1. The average Bonchev–Trinajstić information content (AvgIpc) is 3.42. The molecule has 0 saturated heterocycles. The lowest BCUT2D eigenvalue weighted by molar-refractivity contribution is -0.142. The van der Waals surface area contributed by atoms with Gasteiger partial charge in [0.15, 0.2) is 6.61 Å². The van der Waals surface area contributed by atoms with Crippen molar-refractivity contribution < 1.29 is 43.7 Å². The van der Waals surface area contributed by atoms with Crippen molar-refractivity contribution in [3.05, 3.63) is 210 Å². The van der Waals surface area contributed by atoms with Gasteiger partial charge in [0.25, 0.3) is 5.91 Å². The zero-order valence-electron chi connectivity index (χ0n) is 40.4. The summed E-state index contributed by atoms with van der Waals surface area (Å²) >= 11 is 0. The molecule has 0 saturated carbocycles. The van der Waals surface area contributed by atoms with Gasteiger partial charge in [0.2, 0.25) is 23.6 Å². The number of hydrogen-bond acceptors (Lipinski definition) is 9. The lowest BCUT2D eigenvalue weighted by Gasteiger charge is -2.27. The lowest BCUT2D eigenvalue weighted by Crippen LogP contribution is -2.60. The molecule has 2 aliphatic heterocycles. The fourth-order valence-electron chi connectivity index (χ4n) is 8.66. The SMILES string of the molecule is O=C1COc2ccc(cc2)C[C@@H](C(=O)N[C@@H](Cc2ccc(O)cc2)C(=O)O)NC(=O)[C@H](CCc2ccccc2)NC(=O)[C@@H](Cc2ccc(-c3ccccc3)cc2)NC(=O)[C@H](Cc2ccc(-c3ccncc3)cc2)N1. The monoisotopic (exact) mass is 992 g/mol. The summed E-state index contributed by atoms with van der Waals surface area (Å²) in [6.45, 7) is -0.469. The van der Waals surface area contributed by atoms with Crippen molar-refractivity contribution in [2.24, 2.45) is 0 Å². The molecule has 0 unspecified atom stereocenters. The Morgan fingerprint density at radius 3 is 1.68 bits per heavy atom. The van der Waals surface area contributed by atoms with Gasteiger partial charge in [-0.05, 0) is 99.3 Å². The number of carbonyl (C=O) groups excluding carboxylic acids is 5. The van der Waals surface area contributed by atoms with E-state index in [9.17, 15) is 39.0 Å². The van der Waals surface area contributed by atoms with E-state index in [0.29, 0.717) is 28.9 Å². The Balaban J connectivity index is 1.12. The molecule has 0 spiro atoms. The minimum atomic E-state index is -1.42. The molecule has 15 heteroatoms. The number of aliphatic carboxylic acids is 1. The molecule has 74 heavy (non-hydrogen) atoms. The van der Waals surface area contributed by atoms with Crippen molar-refractivity contribution in [3.63, 3.8) is 0 Å². The number of aromatic hydroxyl groups is 1. The number of amides is 5. The van der Waals surface area contributed by atoms with Crippen LogP contribution in [0.15, 0.2) is 182 Å². The molecular weight excluding hydrogens is 937 g/mol. The van der Waals surface area contributed by atoms with Gasteiger partial charge >= 0.3 is 5.97 Å². The van der Waals surface area contributed by atoms with E-state index in [0.717, 1.165) is 33.4 Å². The van der Waals surface area contributed by atoms with Gasteiger partial charge in [-0.1, -0.05) is 133 Å². The van der Waals surface area contributed by atoms with E-state index in [1.807, 2.05) is 121 Å². The highest BCUT2D eigenvalue weighted by Crippen LogP contribution is 2.22. The minimum Gasteiger partial charge on any atom is -0.508 e. The zero-order chi connectivity index (χ0) is 51.8. The van der Waals surface area contributed by atoms with Crippen LogP contribution in [0.1, 0.15) is 34.2 Å². The molecule has 7 aromatic rings. The first-order valence-electron chi connectivity index (χ1n) is 24.3. The highest BCUT2D eigenvalue weighted by molar-refractivity contribution is 5.96. The summed E-state index contributed by atoms with van der Waals surface area (Å²) in [7, 11) is 0. The molecule has 5 amide bonds. The third-order valence-corrected chi connectivity index (χ3v) is 12.7. The van der Waals surface area contributed by atoms with Gasteiger partial charge in [0.1, 0.15) is 41.7 Å². The van der Waals surface area contributed by atoms with Crippen LogP contribution < -0.4 is 31.3 Å². The molecule has 0 radical (unpaired) electrons. The number of carbonyl (C=O) groups is 6. The van der Waals surface area contributed by atoms with Gasteiger partial charge < -0.3 is 41.5 Å². The van der Waals surface area contributed by atoms with Gasteiger partial charge in [-0.3, -0.25) is 29.0 Å². The number of fused-ring (bicyclic) bond motifs is 16. The smallest absolute Gasteiger partial charge is 0.326 e. The van der Waals surface area contributed by atoms with Crippen LogP contribution in [0.2, 0.25) is 0 Å². The number of rotatable bonds is 14. The van der Waals surface area contributed by atoms with Crippen molar-refractivity contribution >= 4 is 35.5 Å². The molecular formula is C59H56N6O9. The summed E-state index contributed by atoms with van der Waals surface area (Å²) in [4.78, 5) is 89.0. The molecule has 0 fully saturated rings. The van der Waals surface area contributed by atoms with Gasteiger partial charge in [0, 0.05) is 38.1 Å². The van der Waals surface area contributed by atoms with Crippen LogP contribution in [0.25, 0.3) is 22.3 Å². The predicted octanol–water partition coefficient (Wildman–Crippen LogP) is 5.93. The Morgan fingerprint density at radius 2 is 1.08 bits per heavy atom. The maximum atomic E-state index is 14.9. The van der Waals surface area contributed by atoms with E-state index in [1.165, 1.54) is 12.1 Å².